The maximum Gasteiger partial charge on any atom is 0.241 e. The molecule has 1 unspecified atom stereocenters. The molecule has 1 aromatic heterocycles. The van der Waals surface area contributed by atoms with Gasteiger partial charge in [-0.15, -0.1) is 0 Å². The van der Waals surface area contributed by atoms with Crippen LogP contribution in [0, 0.1) is 6.92 Å². The topological polar surface area (TPSA) is 59.4 Å². The van der Waals surface area contributed by atoms with Crippen molar-refractivity contribution in [1.82, 2.24) is 4.98 Å². The number of hydrogen-bond donors (Lipinski definition) is 0. The van der Waals surface area contributed by atoms with Gasteiger partial charge in [0, 0.05) is 18.6 Å². The molecule has 0 fully saturated rings. The second-order valence-corrected chi connectivity index (χ2v) is 4.91. The lowest BCUT2D eigenvalue weighted by atomic mass is 10.3. The van der Waals surface area contributed by atoms with Gasteiger partial charge in [-0.25, -0.2) is 4.21 Å². The number of aromatic nitrogens is 1. The summed E-state index contributed by atoms with van der Waals surface area (Å²) in [7, 11) is -2.60. The first-order chi connectivity index (χ1) is 6.08. The van der Waals surface area contributed by atoms with Gasteiger partial charge in [0.25, 0.3) is 0 Å². The van der Waals surface area contributed by atoms with Gasteiger partial charge in [0.15, 0.2) is 0 Å². The van der Waals surface area contributed by atoms with Gasteiger partial charge in [0.2, 0.25) is 6.41 Å². The summed E-state index contributed by atoms with van der Waals surface area (Å²) in [5.74, 6) is 0. The fourth-order valence-corrected chi connectivity index (χ4v) is 2.18. The van der Waals surface area contributed by atoms with E-state index >= 15 is 0 Å². The molecule has 5 heteroatoms. The van der Waals surface area contributed by atoms with Crippen LogP contribution in [0.5, 0.6) is 0 Å². The fourth-order valence-electron chi connectivity index (χ4n) is 0.985. The smallest absolute Gasteiger partial charge is 0.241 e. The van der Waals surface area contributed by atoms with E-state index in [1.807, 2.05) is 0 Å². The van der Waals surface area contributed by atoms with Crippen molar-refractivity contribution in [2.45, 2.75) is 11.8 Å². The molecule has 0 aliphatic heterocycles. The molecule has 0 spiro atoms. The molecule has 0 radical (unpaired) electrons. The lowest BCUT2D eigenvalue weighted by Gasteiger charge is -2.04. The van der Waals surface area contributed by atoms with Crippen LogP contribution >= 0.6 is 0 Å². The van der Waals surface area contributed by atoms with E-state index in [-0.39, 0.29) is 0 Å². The molecule has 1 atom stereocenters. The van der Waals surface area contributed by atoms with Crippen LogP contribution in [0.1, 0.15) is 5.56 Å². The standard InChI is InChI=1S/C8H10N2O2S/c1-7-3-4-9-5-8(7)13(2,12)10-6-11/h3-6H,1-2H3. The van der Waals surface area contributed by atoms with Gasteiger partial charge in [-0.1, -0.05) is 0 Å². The van der Waals surface area contributed by atoms with Gasteiger partial charge in [-0.2, -0.15) is 4.36 Å². The molecule has 0 saturated heterocycles. The summed E-state index contributed by atoms with van der Waals surface area (Å²) in [5, 5.41) is 0. The fraction of sp³-hybridized carbons (Fsp3) is 0.250. The Morgan fingerprint density at radius 2 is 2.31 bits per heavy atom. The summed E-state index contributed by atoms with van der Waals surface area (Å²) < 4.78 is 15.2. The normalized spacial score (nSPS) is 14.6. The molecule has 4 nitrogen and oxygen atoms in total. The Morgan fingerprint density at radius 1 is 1.62 bits per heavy atom. The molecule has 0 saturated carbocycles. The first-order valence-corrected chi connectivity index (χ1v) is 5.56. The third kappa shape index (κ3) is 2.12. The summed E-state index contributed by atoms with van der Waals surface area (Å²) in [6.45, 7) is 1.81. The molecular formula is C8H10N2O2S. The molecule has 0 bridgehead atoms. The SMILES string of the molecule is Cc1ccncc1S(C)(=O)=NC=O. The van der Waals surface area contributed by atoms with Crippen LogP contribution in [-0.2, 0) is 14.5 Å². The highest BCUT2D eigenvalue weighted by atomic mass is 32.2. The lowest BCUT2D eigenvalue weighted by molar-refractivity contribution is -0.106. The van der Waals surface area contributed by atoms with E-state index in [0.717, 1.165) is 5.56 Å². The van der Waals surface area contributed by atoms with Gasteiger partial charge in [0.1, 0.15) is 0 Å². The molecule has 0 N–H and O–H groups in total. The summed E-state index contributed by atoms with van der Waals surface area (Å²) >= 11 is 0. The van der Waals surface area contributed by atoms with E-state index in [9.17, 15) is 9.00 Å². The van der Waals surface area contributed by atoms with Gasteiger partial charge in [-0.3, -0.25) is 9.78 Å². The lowest BCUT2D eigenvalue weighted by Crippen LogP contribution is -2.00. The number of aryl methyl sites for hydroxylation is 1. The molecule has 1 aromatic rings. The largest absolute Gasteiger partial charge is 0.276 e. The monoisotopic (exact) mass is 198 g/mol. The maximum atomic E-state index is 11.8. The quantitative estimate of drug-likeness (QED) is 0.666. The van der Waals surface area contributed by atoms with Crippen LogP contribution in [0.4, 0.5) is 0 Å². The zero-order chi connectivity index (χ0) is 9.90. The van der Waals surface area contributed by atoms with Crippen molar-refractivity contribution in [3.8, 4) is 0 Å². The van der Waals surface area contributed by atoms with Crippen molar-refractivity contribution in [2.75, 3.05) is 6.26 Å². The second-order valence-electron chi connectivity index (χ2n) is 2.65. The summed E-state index contributed by atoms with van der Waals surface area (Å²) in [6.07, 6.45) is 4.82. The van der Waals surface area contributed by atoms with Crippen LogP contribution in [0.3, 0.4) is 0 Å². The van der Waals surface area contributed by atoms with Crippen molar-refractivity contribution >= 4 is 16.1 Å². The molecular weight excluding hydrogens is 188 g/mol. The first-order valence-electron chi connectivity index (χ1n) is 3.63. The number of rotatable bonds is 2. The third-order valence-electron chi connectivity index (χ3n) is 1.64. The maximum absolute atomic E-state index is 11.8. The molecule has 0 aliphatic rings. The van der Waals surface area contributed by atoms with Crippen LogP contribution < -0.4 is 0 Å². The van der Waals surface area contributed by atoms with Gasteiger partial charge < -0.3 is 0 Å². The zero-order valence-corrected chi connectivity index (χ0v) is 8.25. The minimum atomic E-state index is -2.60. The highest BCUT2D eigenvalue weighted by Gasteiger charge is 2.08. The molecule has 70 valence electrons. The van der Waals surface area contributed by atoms with Crippen LogP contribution in [0.15, 0.2) is 27.7 Å². The minimum Gasteiger partial charge on any atom is -0.276 e. The molecule has 1 amide bonds. The van der Waals surface area contributed by atoms with E-state index in [1.54, 1.807) is 19.2 Å². The van der Waals surface area contributed by atoms with E-state index in [4.69, 9.17) is 0 Å². The second kappa shape index (κ2) is 3.66. The van der Waals surface area contributed by atoms with Gasteiger partial charge in [0.05, 0.1) is 14.6 Å². The number of nitrogens with zero attached hydrogens (tertiary/aromatic N) is 2. The van der Waals surface area contributed by atoms with E-state index < -0.39 is 9.73 Å². The van der Waals surface area contributed by atoms with Crippen molar-refractivity contribution < 1.29 is 9.00 Å². The summed E-state index contributed by atoms with van der Waals surface area (Å²) in [6, 6.07) is 1.73. The van der Waals surface area contributed by atoms with Crippen molar-refractivity contribution in [3.05, 3.63) is 24.0 Å². The predicted molar refractivity (Wildman–Crippen MR) is 49.8 cm³/mol. The average Bonchev–Trinajstić information content (AvgIpc) is 2.04. The van der Waals surface area contributed by atoms with E-state index in [2.05, 4.69) is 9.35 Å². The Kier molecular flexibility index (Phi) is 2.77. The van der Waals surface area contributed by atoms with Crippen LogP contribution in [-0.4, -0.2) is 21.9 Å². The Morgan fingerprint density at radius 3 is 2.85 bits per heavy atom. The molecule has 0 aliphatic carbocycles. The molecule has 0 aromatic carbocycles. The first kappa shape index (κ1) is 9.85. The van der Waals surface area contributed by atoms with Crippen molar-refractivity contribution in [1.29, 1.82) is 0 Å². The number of pyridine rings is 1. The van der Waals surface area contributed by atoms with Crippen molar-refractivity contribution in [2.24, 2.45) is 4.36 Å². The average molecular weight is 198 g/mol. The Balaban J connectivity index is 3.39. The van der Waals surface area contributed by atoms with Gasteiger partial charge >= 0.3 is 0 Å². The molecule has 13 heavy (non-hydrogen) atoms. The van der Waals surface area contributed by atoms with E-state index in [0.29, 0.717) is 11.3 Å². The third-order valence-corrected chi connectivity index (χ3v) is 3.38. The predicted octanol–water partition coefficient (Wildman–Crippen LogP) is 1.00. The van der Waals surface area contributed by atoms with Gasteiger partial charge in [-0.05, 0) is 18.6 Å². The van der Waals surface area contributed by atoms with E-state index in [1.165, 1.54) is 12.5 Å². The van der Waals surface area contributed by atoms with Crippen LogP contribution in [0.25, 0.3) is 0 Å². The molecule has 1 rings (SSSR count). The minimum absolute atomic E-state index is 0.314. The highest BCUT2D eigenvalue weighted by Crippen LogP contribution is 2.13. The zero-order valence-electron chi connectivity index (χ0n) is 7.43. The summed E-state index contributed by atoms with van der Waals surface area (Å²) in [5.41, 5.74) is 0.827. The highest BCUT2D eigenvalue weighted by molar-refractivity contribution is 7.93. The number of carbonyl (C=O) groups excluding carboxylic acids is 1. The number of hydrogen-bond acceptors (Lipinski definition) is 3. The summed E-state index contributed by atoms with van der Waals surface area (Å²) in [4.78, 5) is 14.5. The van der Waals surface area contributed by atoms with Crippen LogP contribution in [0.2, 0.25) is 0 Å². The Labute approximate surface area is 77.2 Å². The molecule has 1 heterocycles. The Hall–Kier alpha value is -1.23. The number of carbonyl (C=O) groups is 1. The number of amides is 1. The van der Waals surface area contributed by atoms with Crippen molar-refractivity contribution in [3.63, 3.8) is 0 Å². The Bertz CT molecular complexity index is 434.